The molecule has 2 aromatic rings. The summed E-state index contributed by atoms with van der Waals surface area (Å²) in [6.45, 7) is 3.76. The average molecular weight is 348 g/mol. The molecule has 5 heteroatoms. The fourth-order valence-electron chi connectivity index (χ4n) is 1.89. The molecule has 0 N–H and O–H groups in total. The number of carbonyl (C=O) groups is 1. The van der Waals surface area contributed by atoms with Crippen LogP contribution >= 0.6 is 46.4 Å². The highest BCUT2D eigenvalue weighted by Crippen LogP contribution is 2.38. The Balaban J connectivity index is 2.66. The summed E-state index contributed by atoms with van der Waals surface area (Å²) in [7, 11) is 0. The molecule has 0 aliphatic rings. The summed E-state index contributed by atoms with van der Waals surface area (Å²) in [6.07, 6.45) is 0. The van der Waals surface area contributed by atoms with E-state index in [1.165, 1.54) is 6.07 Å². The van der Waals surface area contributed by atoms with Crippen molar-refractivity contribution in [1.82, 2.24) is 0 Å². The van der Waals surface area contributed by atoms with Crippen molar-refractivity contribution in [2.45, 2.75) is 13.8 Å². The first-order chi connectivity index (χ1) is 9.32. The first-order valence-electron chi connectivity index (χ1n) is 5.78. The Morgan fingerprint density at radius 3 is 2.20 bits per heavy atom. The van der Waals surface area contributed by atoms with Gasteiger partial charge >= 0.3 is 0 Å². The Labute approximate surface area is 137 Å². The van der Waals surface area contributed by atoms with Crippen LogP contribution in [-0.2, 0) is 0 Å². The minimum atomic E-state index is -0.264. The number of benzene rings is 2. The zero-order chi connectivity index (χ0) is 15.0. The van der Waals surface area contributed by atoms with E-state index in [1.807, 2.05) is 26.0 Å². The molecule has 104 valence electrons. The maximum absolute atomic E-state index is 12.7. The zero-order valence-corrected chi connectivity index (χ0v) is 13.8. The molecule has 1 nitrogen and oxygen atoms in total. The van der Waals surface area contributed by atoms with Gasteiger partial charge in [-0.25, -0.2) is 0 Å². The SMILES string of the molecule is Cc1ccc(C)c(C(=O)c2c(Cl)cc(Cl)c(Cl)c2Cl)c1. The number of hydrogen-bond acceptors (Lipinski definition) is 1. The number of carbonyl (C=O) groups excluding carboxylic acids is 1. The summed E-state index contributed by atoms with van der Waals surface area (Å²) in [5.41, 5.74) is 2.55. The van der Waals surface area contributed by atoms with Crippen LogP contribution in [0.15, 0.2) is 24.3 Å². The van der Waals surface area contributed by atoms with Crippen molar-refractivity contribution in [2.75, 3.05) is 0 Å². The Kier molecular flexibility index (Phi) is 4.66. The van der Waals surface area contributed by atoms with Crippen LogP contribution in [0.25, 0.3) is 0 Å². The third kappa shape index (κ3) is 2.82. The van der Waals surface area contributed by atoms with Gasteiger partial charge in [-0.1, -0.05) is 64.1 Å². The molecule has 2 rings (SSSR count). The normalized spacial score (nSPS) is 10.7. The maximum atomic E-state index is 12.7. The highest BCUT2D eigenvalue weighted by atomic mass is 35.5. The third-order valence-electron chi connectivity index (χ3n) is 2.98. The van der Waals surface area contributed by atoms with Crippen molar-refractivity contribution in [1.29, 1.82) is 0 Å². The highest BCUT2D eigenvalue weighted by molar-refractivity contribution is 6.51. The smallest absolute Gasteiger partial charge is 0.196 e. The lowest BCUT2D eigenvalue weighted by molar-refractivity contribution is 0.103. The van der Waals surface area contributed by atoms with Crippen molar-refractivity contribution in [2.24, 2.45) is 0 Å². The Morgan fingerprint density at radius 1 is 0.900 bits per heavy atom. The Morgan fingerprint density at radius 2 is 1.55 bits per heavy atom. The van der Waals surface area contributed by atoms with Crippen LogP contribution in [0.5, 0.6) is 0 Å². The van der Waals surface area contributed by atoms with E-state index in [9.17, 15) is 4.79 Å². The van der Waals surface area contributed by atoms with E-state index in [0.29, 0.717) is 5.56 Å². The molecule has 0 aliphatic heterocycles. The van der Waals surface area contributed by atoms with Crippen LogP contribution < -0.4 is 0 Å². The molecule has 0 amide bonds. The molecule has 0 radical (unpaired) electrons. The van der Waals surface area contributed by atoms with E-state index in [2.05, 4.69) is 0 Å². The molecule has 20 heavy (non-hydrogen) atoms. The second-order valence-electron chi connectivity index (χ2n) is 4.49. The van der Waals surface area contributed by atoms with Gasteiger partial charge in [-0.05, 0) is 31.5 Å². The van der Waals surface area contributed by atoms with Gasteiger partial charge in [-0.2, -0.15) is 0 Å². The number of ketones is 1. The van der Waals surface area contributed by atoms with Crippen molar-refractivity contribution in [3.63, 3.8) is 0 Å². The largest absolute Gasteiger partial charge is 0.288 e. The second-order valence-corrected chi connectivity index (χ2v) is 6.06. The number of aryl methyl sites for hydroxylation is 2. The summed E-state index contributed by atoms with van der Waals surface area (Å²) >= 11 is 24.1. The van der Waals surface area contributed by atoms with Gasteiger partial charge in [0.05, 0.1) is 25.7 Å². The third-order valence-corrected chi connectivity index (χ3v) is 4.54. The first-order valence-corrected chi connectivity index (χ1v) is 7.29. The molecule has 0 heterocycles. The topological polar surface area (TPSA) is 17.1 Å². The van der Waals surface area contributed by atoms with E-state index in [0.717, 1.165) is 11.1 Å². The van der Waals surface area contributed by atoms with Gasteiger partial charge in [-0.3, -0.25) is 4.79 Å². The molecule has 0 atom stereocenters. The van der Waals surface area contributed by atoms with Gasteiger partial charge < -0.3 is 0 Å². The molecule has 2 aromatic carbocycles. The monoisotopic (exact) mass is 346 g/mol. The highest BCUT2D eigenvalue weighted by Gasteiger charge is 2.22. The van der Waals surface area contributed by atoms with Crippen LogP contribution in [0.2, 0.25) is 20.1 Å². The fraction of sp³-hybridized carbons (Fsp3) is 0.133. The van der Waals surface area contributed by atoms with Crippen LogP contribution in [0.3, 0.4) is 0 Å². The zero-order valence-electron chi connectivity index (χ0n) is 10.7. The minimum absolute atomic E-state index is 0.0788. The van der Waals surface area contributed by atoms with E-state index < -0.39 is 0 Å². The molecule has 0 saturated heterocycles. The van der Waals surface area contributed by atoms with Crippen LogP contribution in [-0.4, -0.2) is 5.78 Å². The van der Waals surface area contributed by atoms with Gasteiger partial charge in [0, 0.05) is 5.56 Å². The lowest BCUT2D eigenvalue weighted by Gasteiger charge is -2.11. The van der Waals surface area contributed by atoms with E-state index in [4.69, 9.17) is 46.4 Å². The molecule has 0 bridgehead atoms. The molecular weight excluding hydrogens is 338 g/mol. The number of rotatable bonds is 2. The molecule has 0 aromatic heterocycles. The van der Waals surface area contributed by atoms with Crippen molar-refractivity contribution in [3.8, 4) is 0 Å². The summed E-state index contributed by atoms with van der Waals surface area (Å²) < 4.78 is 0. The predicted octanol–water partition coefficient (Wildman–Crippen LogP) is 6.15. The van der Waals surface area contributed by atoms with Gasteiger partial charge in [0.25, 0.3) is 0 Å². The summed E-state index contributed by atoms with van der Waals surface area (Å²) in [5.74, 6) is -0.264. The van der Waals surface area contributed by atoms with Crippen molar-refractivity contribution >= 4 is 52.2 Å². The first kappa shape index (κ1) is 15.7. The molecule has 0 aliphatic carbocycles. The summed E-state index contributed by atoms with van der Waals surface area (Å²) in [4.78, 5) is 12.7. The van der Waals surface area contributed by atoms with Crippen LogP contribution in [0.4, 0.5) is 0 Å². The summed E-state index contributed by atoms with van der Waals surface area (Å²) in [5, 5.41) is 0.621. The Hall–Kier alpha value is -0.730. The molecular formula is C15H10Cl4O. The molecule has 0 fully saturated rings. The van der Waals surface area contributed by atoms with E-state index in [1.54, 1.807) is 6.07 Å². The van der Waals surface area contributed by atoms with Crippen LogP contribution in [0, 0.1) is 13.8 Å². The maximum Gasteiger partial charge on any atom is 0.196 e. The Bertz CT molecular complexity index is 708. The number of hydrogen-bond donors (Lipinski definition) is 0. The van der Waals surface area contributed by atoms with Gasteiger partial charge in [-0.15, -0.1) is 0 Å². The molecule has 0 unspecified atom stereocenters. The molecule has 0 saturated carbocycles. The average Bonchev–Trinajstić information content (AvgIpc) is 2.39. The van der Waals surface area contributed by atoms with Crippen LogP contribution in [0.1, 0.15) is 27.0 Å². The number of halogens is 4. The predicted molar refractivity (Wildman–Crippen MR) is 85.8 cm³/mol. The summed E-state index contributed by atoms with van der Waals surface area (Å²) in [6, 6.07) is 7.04. The lowest BCUT2D eigenvalue weighted by Crippen LogP contribution is -2.06. The van der Waals surface area contributed by atoms with Crippen molar-refractivity contribution in [3.05, 3.63) is 66.6 Å². The quantitative estimate of drug-likeness (QED) is 0.362. The van der Waals surface area contributed by atoms with Crippen molar-refractivity contribution < 1.29 is 4.79 Å². The molecule has 0 spiro atoms. The minimum Gasteiger partial charge on any atom is -0.288 e. The lowest BCUT2D eigenvalue weighted by atomic mass is 9.97. The van der Waals surface area contributed by atoms with Gasteiger partial charge in [0.15, 0.2) is 5.78 Å². The van der Waals surface area contributed by atoms with E-state index >= 15 is 0 Å². The standard InChI is InChI=1S/C15H10Cl4O/c1-7-3-4-8(2)9(5-7)15(20)12-10(16)6-11(17)13(18)14(12)19/h3-6H,1-2H3. The van der Waals surface area contributed by atoms with Gasteiger partial charge in [0.2, 0.25) is 0 Å². The second kappa shape index (κ2) is 5.95. The van der Waals surface area contributed by atoms with Gasteiger partial charge in [0.1, 0.15) is 0 Å². The fourth-order valence-corrected chi connectivity index (χ4v) is 2.97. The van der Waals surface area contributed by atoms with E-state index in [-0.39, 0.29) is 31.4 Å².